The van der Waals surface area contributed by atoms with Gasteiger partial charge in [-0.15, -0.1) is 0 Å². The first kappa shape index (κ1) is 18.9. The van der Waals surface area contributed by atoms with E-state index in [0.29, 0.717) is 10.4 Å². The maximum absolute atomic E-state index is 14.5. The molecular formula is C20H16ClFN2O3S. The summed E-state index contributed by atoms with van der Waals surface area (Å²) < 4.78 is 43.1. The van der Waals surface area contributed by atoms with E-state index in [-0.39, 0.29) is 23.4 Å². The first-order chi connectivity index (χ1) is 13.3. The number of hydrogen-bond donors (Lipinski definition) is 2. The zero-order valence-corrected chi connectivity index (χ0v) is 16.1. The van der Waals surface area contributed by atoms with Gasteiger partial charge in [0.2, 0.25) is 15.9 Å². The van der Waals surface area contributed by atoms with Crippen LogP contribution in [0.25, 0.3) is 10.8 Å². The molecule has 1 aliphatic rings. The Morgan fingerprint density at radius 3 is 2.46 bits per heavy atom. The summed E-state index contributed by atoms with van der Waals surface area (Å²) in [6.07, 6.45) is 0.106. The average molecular weight is 419 g/mol. The van der Waals surface area contributed by atoms with E-state index in [0.717, 1.165) is 5.39 Å². The number of carbonyl (C=O) groups excluding carboxylic acids is 1. The molecule has 1 heterocycles. The van der Waals surface area contributed by atoms with Crippen LogP contribution in [0.4, 0.5) is 4.39 Å². The Balaban J connectivity index is 1.80. The van der Waals surface area contributed by atoms with E-state index in [1.54, 1.807) is 30.3 Å². The second-order valence-corrected chi connectivity index (χ2v) is 8.77. The van der Waals surface area contributed by atoms with Crippen LogP contribution in [-0.2, 0) is 20.4 Å². The predicted molar refractivity (Wildman–Crippen MR) is 105 cm³/mol. The van der Waals surface area contributed by atoms with Crippen molar-refractivity contribution >= 4 is 38.3 Å². The van der Waals surface area contributed by atoms with Crippen LogP contribution in [0.1, 0.15) is 12.0 Å². The van der Waals surface area contributed by atoms with Gasteiger partial charge in [-0.05, 0) is 47.5 Å². The molecular weight excluding hydrogens is 403 g/mol. The van der Waals surface area contributed by atoms with E-state index in [2.05, 4.69) is 10.0 Å². The summed E-state index contributed by atoms with van der Waals surface area (Å²) in [6.45, 7) is 0.242. The number of nitrogens with one attached hydrogen (secondary N) is 2. The molecule has 2 N–H and O–H groups in total. The highest BCUT2D eigenvalue weighted by Gasteiger charge is 2.48. The van der Waals surface area contributed by atoms with Crippen LogP contribution in [0.3, 0.4) is 0 Å². The number of hydrogen-bond acceptors (Lipinski definition) is 3. The van der Waals surface area contributed by atoms with Crippen molar-refractivity contribution in [1.82, 2.24) is 10.0 Å². The van der Waals surface area contributed by atoms with Crippen LogP contribution < -0.4 is 10.0 Å². The minimum atomic E-state index is -4.11. The Morgan fingerprint density at radius 1 is 1.04 bits per heavy atom. The van der Waals surface area contributed by atoms with Gasteiger partial charge in [0.15, 0.2) is 0 Å². The van der Waals surface area contributed by atoms with Crippen LogP contribution in [0.15, 0.2) is 65.6 Å². The molecule has 1 fully saturated rings. The second kappa shape index (κ2) is 6.84. The van der Waals surface area contributed by atoms with Gasteiger partial charge in [0.1, 0.15) is 11.4 Å². The molecule has 144 valence electrons. The largest absolute Gasteiger partial charge is 0.354 e. The van der Waals surface area contributed by atoms with Crippen LogP contribution in [0.2, 0.25) is 5.02 Å². The van der Waals surface area contributed by atoms with Gasteiger partial charge >= 0.3 is 0 Å². The lowest BCUT2D eigenvalue weighted by molar-refractivity contribution is -0.124. The second-order valence-electron chi connectivity index (χ2n) is 6.65. The topological polar surface area (TPSA) is 75.3 Å². The van der Waals surface area contributed by atoms with E-state index < -0.39 is 27.3 Å². The number of halogens is 2. The number of rotatable bonds is 4. The quantitative estimate of drug-likeness (QED) is 0.682. The zero-order chi connectivity index (χ0) is 19.9. The first-order valence-electron chi connectivity index (χ1n) is 8.58. The molecule has 8 heteroatoms. The molecule has 3 aromatic rings. The molecule has 0 unspecified atom stereocenters. The Labute approximate surface area is 166 Å². The van der Waals surface area contributed by atoms with Crippen molar-refractivity contribution in [3.8, 4) is 0 Å². The Kier molecular flexibility index (Phi) is 4.61. The van der Waals surface area contributed by atoms with Crippen molar-refractivity contribution < 1.29 is 17.6 Å². The van der Waals surface area contributed by atoms with Gasteiger partial charge < -0.3 is 5.32 Å². The molecule has 3 aromatic carbocycles. The van der Waals surface area contributed by atoms with E-state index in [4.69, 9.17) is 11.6 Å². The standard InChI is InChI=1S/C20H16ClFN2O3S/c21-15-7-5-14-12-16(8-6-13(14)11-15)28(26,27)24-20(9-10-23-19(20)25)17-3-1-2-4-18(17)22/h1-8,11-12,24H,9-10H2,(H,23,25)/t20-/m0/s1. The number of benzene rings is 3. The molecule has 1 aliphatic heterocycles. The summed E-state index contributed by atoms with van der Waals surface area (Å²) in [4.78, 5) is 12.6. The molecule has 4 rings (SSSR count). The maximum atomic E-state index is 14.5. The van der Waals surface area contributed by atoms with Crippen LogP contribution in [0.5, 0.6) is 0 Å². The monoisotopic (exact) mass is 418 g/mol. The lowest BCUT2D eigenvalue weighted by Gasteiger charge is -2.28. The van der Waals surface area contributed by atoms with Gasteiger partial charge in [-0.25, -0.2) is 12.8 Å². The molecule has 5 nitrogen and oxygen atoms in total. The number of fused-ring (bicyclic) bond motifs is 1. The van der Waals surface area contributed by atoms with Crippen molar-refractivity contribution in [3.05, 3.63) is 77.1 Å². The molecule has 28 heavy (non-hydrogen) atoms. The predicted octanol–water partition coefficient (Wildman–Crippen LogP) is 3.33. The average Bonchev–Trinajstić information content (AvgIpc) is 3.02. The third-order valence-electron chi connectivity index (χ3n) is 4.90. The van der Waals surface area contributed by atoms with E-state index >= 15 is 0 Å². The minimum absolute atomic E-state index is 0.00106. The first-order valence-corrected chi connectivity index (χ1v) is 10.4. The Bertz CT molecular complexity index is 1200. The zero-order valence-electron chi connectivity index (χ0n) is 14.6. The van der Waals surface area contributed by atoms with Gasteiger partial charge in [-0.2, -0.15) is 4.72 Å². The van der Waals surface area contributed by atoms with Gasteiger partial charge in [-0.3, -0.25) is 4.79 Å². The number of sulfonamides is 1. The lowest BCUT2D eigenvalue weighted by Crippen LogP contribution is -2.51. The highest BCUT2D eigenvalue weighted by atomic mass is 35.5. The van der Waals surface area contributed by atoms with E-state index in [9.17, 15) is 17.6 Å². The highest BCUT2D eigenvalue weighted by Crippen LogP contribution is 2.33. The molecule has 0 spiro atoms. The summed E-state index contributed by atoms with van der Waals surface area (Å²) in [5, 5.41) is 4.61. The van der Waals surface area contributed by atoms with Gasteiger partial charge in [0.05, 0.1) is 4.90 Å². The van der Waals surface area contributed by atoms with Gasteiger partial charge in [-0.1, -0.05) is 41.9 Å². The molecule has 0 radical (unpaired) electrons. The summed E-state index contributed by atoms with van der Waals surface area (Å²) in [6, 6.07) is 15.4. The van der Waals surface area contributed by atoms with Crippen molar-refractivity contribution in [2.75, 3.05) is 6.54 Å². The lowest BCUT2D eigenvalue weighted by atomic mass is 9.89. The summed E-state index contributed by atoms with van der Waals surface area (Å²) >= 11 is 5.97. The maximum Gasteiger partial charge on any atom is 0.246 e. The normalized spacial score (nSPS) is 19.7. The number of amides is 1. The highest BCUT2D eigenvalue weighted by molar-refractivity contribution is 7.89. The fourth-order valence-corrected chi connectivity index (χ4v) is 5.09. The van der Waals surface area contributed by atoms with Crippen molar-refractivity contribution in [2.45, 2.75) is 16.9 Å². The Hall–Kier alpha value is -2.48. The van der Waals surface area contributed by atoms with Gasteiger partial charge in [0, 0.05) is 17.1 Å². The fraction of sp³-hybridized carbons (Fsp3) is 0.150. The molecule has 0 saturated carbocycles. The van der Waals surface area contributed by atoms with E-state index in [1.165, 1.54) is 30.3 Å². The summed E-state index contributed by atoms with van der Waals surface area (Å²) in [7, 11) is -4.11. The van der Waals surface area contributed by atoms with Crippen molar-refractivity contribution in [2.24, 2.45) is 0 Å². The molecule has 0 bridgehead atoms. The third-order valence-corrected chi connectivity index (χ3v) is 6.63. The third kappa shape index (κ3) is 3.15. The fourth-order valence-electron chi connectivity index (χ4n) is 3.49. The Morgan fingerprint density at radius 2 is 1.75 bits per heavy atom. The number of carbonyl (C=O) groups is 1. The minimum Gasteiger partial charge on any atom is -0.354 e. The van der Waals surface area contributed by atoms with Crippen molar-refractivity contribution in [3.63, 3.8) is 0 Å². The summed E-state index contributed by atoms with van der Waals surface area (Å²) in [5.41, 5.74) is -1.69. The molecule has 1 saturated heterocycles. The smallest absolute Gasteiger partial charge is 0.246 e. The molecule has 0 aromatic heterocycles. The van der Waals surface area contributed by atoms with Gasteiger partial charge in [0.25, 0.3) is 0 Å². The van der Waals surface area contributed by atoms with Crippen LogP contribution >= 0.6 is 11.6 Å². The van der Waals surface area contributed by atoms with Crippen LogP contribution in [-0.4, -0.2) is 20.9 Å². The van der Waals surface area contributed by atoms with Crippen LogP contribution in [0, 0.1) is 5.82 Å². The molecule has 0 aliphatic carbocycles. The SMILES string of the molecule is O=C1NCC[C@]1(NS(=O)(=O)c1ccc2cc(Cl)ccc2c1)c1ccccc1F. The summed E-state index contributed by atoms with van der Waals surface area (Å²) in [5.74, 6) is -1.22. The molecule has 1 amide bonds. The van der Waals surface area contributed by atoms with E-state index in [1.807, 2.05) is 0 Å². The molecule has 1 atom stereocenters. The van der Waals surface area contributed by atoms with Crippen molar-refractivity contribution in [1.29, 1.82) is 0 Å².